The van der Waals surface area contributed by atoms with Crippen LogP contribution < -0.4 is 5.32 Å². The number of aromatic nitrogens is 1. The third kappa shape index (κ3) is 2.48. The molecule has 6 heteroatoms. The molecular weight excluding hydrogens is 238 g/mol. The lowest BCUT2D eigenvalue weighted by molar-refractivity contribution is -0.140. The molecule has 0 radical (unpaired) electrons. The highest BCUT2D eigenvalue weighted by Gasteiger charge is 2.34. The monoisotopic (exact) mass is 253 g/mol. The van der Waals surface area contributed by atoms with Crippen LogP contribution in [0.2, 0.25) is 0 Å². The average Bonchev–Trinajstić information content (AvgIpc) is 2.81. The van der Waals surface area contributed by atoms with Gasteiger partial charge in [0.15, 0.2) is 0 Å². The number of likely N-dealkylation sites (tertiary alicyclic amines) is 1. The van der Waals surface area contributed by atoms with Crippen molar-refractivity contribution in [3.05, 3.63) is 16.6 Å². The lowest BCUT2D eigenvalue weighted by atomic mass is 10.0. The second kappa shape index (κ2) is 4.72. The molecule has 3 rings (SSSR count). The minimum Gasteiger partial charge on any atom is -0.366 e. The fraction of sp³-hybridized carbons (Fsp3) is 0.636. The van der Waals surface area contributed by atoms with E-state index in [-0.39, 0.29) is 24.7 Å². The number of hydrogen-bond acceptors (Lipinski definition) is 5. The fourth-order valence-corrected chi connectivity index (χ4v) is 3.09. The van der Waals surface area contributed by atoms with Crippen LogP contribution in [0.1, 0.15) is 11.3 Å². The summed E-state index contributed by atoms with van der Waals surface area (Å²) < 4.78 is 5.53. The maximum Gasteiger partial charge on any atom is 0.246 e. The molecule has 1 N–H and O–H groups in total. The first-order valence-corrected chi connectivity index (χ1v) is 6.70. The number of hydrogen-bond donors (Lipinski definition) is 1. The minimum atomic E-state index is 0.00545. The van der Waals surface area contributed by atoms with Crippen molar-refractivity contribution in [3.63, 3.8) is 0 Å². The van der Waals surface area contributed by atoms with Gasteiger partial charge in [0.1, 0.15) is 6.61 Å². The van der Waals surface area contributed by atoms with Crippen LogP contribution in [0.4, 0.5) is 0 Å². The lowest BCUT2D eigenvalue weighted by Gasteiger charge is -2.40. The second-order valence-electron chi connectivity index (χ2n) is 4.51. The second-order valence-corrected chi connectivity index (χ2v) is 5.49. The van der Waals surface area contributed by atoms with E-state index < -0.39 is 0 Å². The summed E-state index contributed by atoms with van der Waals surface area (Å²) in [4.78, 5) is 19.0. The number of ether oxygens (including phenoxy) is 1. The molecule has 0 unspecified atom stereocenters. The normalized spacial score (nSPS) is 29.8. The van der Waals surface area contributed by atoms with Crippen LogP contribution in [0, 0.1) is 0 Å². The van der Waals surface area contributed by atoms with Crippen molar-refractivity contribution in [1.82, 2.24) is 15.2 Å². The van der Waals surface area contributed by atoms with Crippen LogP contribution in [0.5, 0.6) is 0 Å². The number of carbonyl (C=O) groups excluding carboxylic acids is 1. The molecule has 1 aromatic rings. The molecule has 0 spiro atoms. The number of carbonyl (C=O) groups is 1. The van der Waals surface area contributed by atoms with Gasteiger partial charge in [-0.05, 0) is 6.42 Å². The van der Waals surface area contributed by atoms with E-state index in [4.69, 9.17) is 4.74 Å². The zero-order valence-corrected chi connectivity index (χ0v) is 10.3. The average molecular weight is 253 g/mol. The highest BCUT2D eigenvalue weighted by atomic mass is 32.1. The SMILES string of the molecule is O=C1CO[C@@H]2CCN(Cc3cncs3)C[C@@H]2N1. The third-order valence-corrected chi connectivity index (χ3v) is 4.04. The smallest absolute Gasteiger partial charge is 0.246 e. The predicted octanol–water partition coefficient (Wildman–Crippen LogP) is 0.232. The first-order valence-electron chi connectivity index (χ1n) is 5.82. The summed E-state index contributed by atoms with van der Waals surface area (Å²) in [5, 5.41) is 3.01. The van der Waals surface area contributed by atoms with Gasteiger partial charge in [-0.25, -0.2) is 0 Å². The number of morpholine rings is 1. The van der Waals surface area contributed by atoms with E-state index in [2.05, 4.69) is 15.2 Å². The number of amides is 1. The molecule has 3 heterocycles. The maximum absolute atomic E-state index is 11.3. The highest BCUT2D eigenvalue weighted by Crippen LogP contribution is 2.20. The Bertz CT molecular complexity index is 395. The Balaban J connectivity index is 1.60. The molecular formula is C11H15N3O2S. The van der Waals surface area contributed by atoms with Crippen molar-refractivity contribution in [2.45, 2.75) is 25.1 Å². The van der Waals surface area contributed by atoms with Crippen molar-refractivity contribution in [3.8, 4) is 0 Å². The van der Waals surface area contributed by atoms with Gasteiger partial charge < -0.3 is 10.1 Å². The number of piperidine rings is 1. The summed E-state index contributed by atoms with van der Waals surface area (Å²) in [6.45, 7) is 3.03. The van der Waals surface area contributed by atoms with Crippen LogP contribution in [0.15, 0.2) is 11.7 Å². The molecule has 0 bridgehead atoms. The predicted molar refractivity (Wildman–Crippen MR) is 63.7 cm³/mol. The summed E-state index contributed by atoms with van der Waals surface area (Å²) in [5.74, 6) is 0.00545. The molecule has 1 amide bonds. The van der Waals surface area contributed by atoms with Crippen molar-refractivity contribution >= 4 is 17.2 Å². The van der Waals surface area contributed by atoms with Crippen LogP contribution in [0.25, 0.3) is 0 Å². The van der Waals surface area contributed by atoms with E-state index >= 15 is 0 Å². The Kier molecular flexibility index (Phi) is 3.09. The Morgan fingerprint density at radius 1 is 1.65 bits per heavy atom. The molecule has 0 aromatic carbocycles. The van der Waals surface area contributed by atoms with Gasteiger partial charge in [0.2, 0.25) is 5.91 Å². The standard InChI is InChI=1S/C11H15N3O2S/c15-11-6-16-10-1-2-14(5-9(10)13-11)4-8-3-12-7-17-8/h3,7,9-10H,1-2,4-6H2,(H,13,15)/t9-,10+/m0/s1. The topological polar surface area (TPSA) is 54.5 Å². The van der Waals surface area contributed by atoms with Gasteiger partial charge in [-0.1, -0.05) is 0 Å². The Morgan fingerprint density at radius 2 is 2.59 bits per heavy atom. The highest BCUT2D eigenvalue weighted by molar-refractivity contribution is 7.09. The zero-order valence-electron chi connectivity index (χ0n) is 9.46. The molecule has 1 aromatic heterocycles. The van der Waals surface area contributed by atoms with Gasteiger partial charge in [-0.2, -0.15) is 0 Å². The van der Waals surface area contributed by atoms with Crippen LogP contribution in [0.3, 0.4) is 0 Å². The molecule has 2 atom stereocenters. The fourth-order valence-electron chi connectivity index (χ4n) is 2.45. The Hall–Kier alpha value is -0.980. The molecule has 17 heavy (non-hydrogen) atoms. The molecule has 0 aliphatic carbocycles. The van der Waals surface area contributed by atoms with Crippen LogP contribution in [-0.4, -0.2) is 47.6 Å². The molecule has 5 nitrogen and oxygen atoms in total. The summed E-state index contributed by atoms with van der Waals surface area (Å²) in [7, 11) is 0. The lowest BCUT2D eigenvalue weighted by Crippen LogP contribution is -2.59. The van der Waals surface area contributed by atoms with E-state index in [1.54, 1.807) is 11.3 Å². The molecule has 2 saturated heterocycles. The number of nitrogens with zero attached hydrogens (tertiary/aromatic N) is 2. The quantitative estimate of drug-likeness (QED) is 0.820. The van der Waals surface area contributed by atoms with E-state index in [1.165, 1.54) is 4.88 Å². The van der Waals surface area contributed by atoms with Crippen molar-refractivity contribution in [1.29, 1.82) is 0 Å². The first-order chi connectivity index (χ1) is 8.31. The number of nitrogens with one attached hydrogen (secondary N) is 1. The summed E-state index contributed by atoms with van der Waals surface area (Å²) in [5.41, 5.74) is 1.85. The molecule has 0 saturated carbocycles. The first kappa shape index (κ1) is 11.1. The Morgan fingerprint density at radius 3 is 3.41 bits per heavy atom. The Labute approximate surface area is 104 Å². The van der Waals surface area contributed by atoms with Gasteiger partial charge in [0.25, 0.3) is 0 Å². The van der Waals surface area contributed by atoms with E-state index in [1.807, 2.05) is 11.7 Å². The van der Waals surface area contributed by atoms with Crippen LogP contribution >= 0.6 is 11.3 Å². The largest absolute Gasteiger partial charge is 0.366 e. The number of rotatable bonds is 2. The van der Waals surface area contributed by atoms with Gasteiger partial charge in [-0.15, -0.1) is 11.3 Å². The van der Waals surface area contributed by atoms with E-state index in [0.717, 1.165) is 26.1 Å². The number of thiazole rings is 1. The van der Waals surface area contributed by atoms with Crippen LogP contribution in [-0.2, 0) is 16.1 Å². The van der Waals surface area contributed by atoms with E-state index in [9.17, 15) is 4.79 Å². The van der Waals surface area contributed by atoms with Gasteiger partial charge >= 0.3 is 0 Å². The molecule has 92 valence electrons. The number of fused-ring (bicyclic) bond motifs is 1. The summed E-state index contributed by atoms with van der Waals surface area (Å²) in [6.07, 6.45) is 3.10. The van der Waals surface area contributed by atoms with Gasteiger partial charge in [-0.3, -0.25) is 14.7 Å². The third-order valence-electron chi connectivity index (χ3n) is 3.27. The summed E-state index contributed by atoms with van der Waals surface area (Å²) in [6, 6.07) is 0.151. The molecule has 2 aliphatic rings. The van der Waals surface area contributed by atoms with Crippen molar-refractivity contribution < 1.29 is 9.53 Å². The van der Waals surface area contributed by atoms with Gasteiger partial charge in [0.05, 0.1) is 17.7 Å². The maximum atomic E-state index is 11.3. The van der Waals surface area contributed by atoms with Crippen molar-refractivity contribution in [2.24, 2.45) is 0 Å². The zero-order chi connectivity index (χ0) is 11.7. The molecule has 2 fully saturated rings. The van der Waals surface area contributed by atoms with E-state index in [0.29, 0.717) is 0 Å². The van der Waals surface area contributed by atoms with Gasteiger partial charge in [0, 0.05) is 30.7 Å². The van der Waals surface area contributed by atoms with Crippen molar-refractivity contribution in [2.75, 3.05) is 19.7 Å². The molecule has 2 aliphatic heterocycles. The minimum absolute atomic E-state index is 0.00545. The summed E-state index contributed by atoms with van der Waals surface area (Å²) >= 11 is 1.68.